The van der Waals surface area contributed by atoms with Crippen LogP contribution in [-0.2, 0) is 11.3 Å². The lowest BCUT2D eigenvalue weighted by atomic mass is 9.97. The van der Waals surface area contributed by atoms with Gasteiger partial charge in [0.2, 0.25) is 5.91 Å². The molecule has 1 amide bonds. The third-order valence-electron chi connectivity index (χ3n) is 4.34. The number of hydrogen-bond donors (Lipinski definition) is 1. The monoisotopic (exact) mass is 337 g/mol. The van der Waals surface area contributed by atoms with E-state index >= 15 is 0 Å². The number of carbonyl (C=O) groups is 1. The summed E-state index contributed by atoms with van der Waals surface area (Å²) in [5, 5.41) is 5.04. The highest BCUT2D eigenvalue weighted by Crippen LogP contribution is 2.25. The number of nitrogens with one attached hydrogen (secondary N) is 1. The van der Waals surface area contributed by atoms with Crippen molar-refractivity contribution in [2.75, 3.05) is 7.11 Å². The molecular formula is C21H20FNO2. The molecule has 0 bridgehead atoms. The molecule has 0 radical (unpaired) electrons. The van der Waals surface area contributed by atoms with Crippen LogP contribution in [-0.4, -0.2) is 13.0 Å². The second kappa shape index (κ2) is 7.34. The van der Waals surface area contributed by atoms with Gasteiger partial charge in [-0.1, -0.05) is 36.4 Å². The fraction of sp³-hybridized carbons (Fsp3) is 0.190. The molecule has 0 fully saturated rings. The van der Waals surface area contributed by atoms with Gasteiger partial charge in [0.25, 0.3) is 0 Å². The smallest absolute Gasteiger partial charge is 0.227 e. The van der Waals surface area contributed by atoms with Gasteiger partial charge in [-0.3, -0.25) is 4.79 Å². The molecule has 3 rings (SSSR count). The van der Waals surface area contributed by atoms with Crippen LogP contribution in [0.2, 0.25) is 0 Å². The van der Waals surface area contributed by atoms with Crippen LogP contribution in [0.4, 0.5) is 4.39 Å². The van der Waals surface area contributed by atoms with Crippen LogP contribution in [0, 0.1) is 5.82 Å². The Morgan fingerprint density at radius 2 is 1.72 bits per heavy atom. The predicted molar refractivity (Wildman–Crippen MR) is 97.2 cm³/mol. The van der Waals surface area contributed by atoms with Crippen LogP contribution in [0.5, 0.6) is 5.75 Å². The van der Waals surface area contributed by atoms with Crippen LogP contribution in [0.25, 0.3) is 10.8 Å². The predicted octanol–water partition coefficient (Wildman–Crippen LogP) is 4.41. The van der Waals surface area contributed by atoms with Crippen molar-refractivity contribution < 1.29 is 13.9 Å². The first-order valence-electron chi connectivity index (χ1n) is 8.16. The summed E-state index contributed by atoms with van der Waals surface area (Å²) in [5.41, 5.74) is 1.82. The number of rotatable bonds is 5. The van der Waals surface area contributed by atoms with E-state index < -0.39 is 0 Å². The summed E-state index contributed by atoms with van der Waals surface area (Å²) < 4.78 is 18.1. The summed E-state index contributed by atoms with van der Waals surface area (Å²) in [5.74, 6) is 0.200. The van der Waals surface area contributed by atoms with E-state index in [1.807, 2.05) is 43.3 Å². The molecule has 0 aliphatic heterocycles. The van der Waals surface area contributed by atoms with E-state index in [-0.39, 0.29) is 17.6 Å². The summed E-state index contributed by atoms with van der Waals surface area (Å²) in [6.45, 7) is 2.26. The second-order valence-corrected chi connectivity index (χ2v) is 6.04. The average molecular weight is 337 g/mol. The van der Waals surface area contributed by atoms with E-state index in [1.54, 1.807) is 19.2 Å². The third-order valence-corrected chi connectivity index (χ3v) is 4.34. The maximum absolute atomic E-state index is 12.9. The molecule has 25 heavy (non-hydrogen) atoms. The molecule has 1 atom stereocenters. The number of halogens is 1. The zero-order valence-electron chi connectivity index (χ0n) is 14.3. The Morgan fingerprint density at radius 3 is 2.44 bits per heavy atom. The lowest BCUT2D eigenvalue weighted by Crippen LogP contribution is -2.27. The summed E-state index contributed by atoms with van der Waals surface area (Å²) in [4.78, 5) is 12.4. The third kappa shape index (κ3) is 3.97. The van der Waals surface area contributed by atoms with Crippen molar-refractivity contribution in [2.24, 2.45) is 0 Å². The van der Waals surface area contributed by atoms with E-state index in [9.17, 15) is 9.18 Å². The molecule has 1 N–H and O–H groups in total. The molecule has 0 aliphatic rings. The van der Waals surface area contributed by atoms with E-state index in [2.05, 4.69) is 5.32 Å². The molecule has 0 aliphatic carbocycles. The van der Waals surface area contributed by atoms with Crippen molar-refractivity contribution in [2.45, 2.75) is 19.4 Å². The van der Waals surface area contributed by atoms with E-state index in [0.29, 0.717) is 6.54 Å². The van der Waals surface area contributed by atoms with Gasteiger partial charge in [0.15, 0.2) is 0 Å². The molecule has 0 heterocycles. The lowest BCUT2D eigenvalue weighted by Gasteiger charge is -2.14. The van der Waals surface area contributed by atoms with Gasteiger partial charge in [-0.05, 0) is 53.1 Å². The quantitative estimate of drug-likeness (QED) is 0.749. The molecule has 0 saturated carbocycles. The standard InChI is InChI=1S/C21H20FNO2/c1-14(21(24)23-13-15-3-8-19(22)9-4-15)16-5-6-18-12-20(25-2)10-7-17(18)11-16/h3-12,14H,13H2,1-2H3,(H,23,24)/t14-/m1/s1. The van der Waals surface area contributed by atoms with Gasteiger partial charge in [0.05, 0.1) is 13.0 Å². The second-order valence-electron chi connectivity index (χ2n) is 6.04. The van der Waals surface area contributed by atoms with Crippen LogP contribution in [0.1, 0.15) is 24.0 Å². The molecular weight excluding hydrogens is 317 g/mol. The molecule has 0 saturated heterocycles. The van der Waals surface area contributed by atoms with Crippen molar-refractivity contribution in [3.8, 4) is 5.75 Å². The topological polar surface area (TPSA) is 38.3 Å². The maximum atomic E-state index is 12.9. The van der Waals surface area contributed by atoms with Crippen molar-refractivity contribution in [1.82, 2.24) is 5.32 Å². The minimum Gasteiger partial charge on any atom is -0.497 e. The van der Waals surface area contributed by atoms with E-state index in [4.69, 9.17) is 4.74 Å². The molecule has 0 spiro atoms. The van der Waals surface area contributed by atoms with E-state index in [1.165, 1.54) is 12.1 Å². The van der Waals surface area contributed by atoms with Gasteiger partial charge >= 0.3 is 0 Å². The number of carbonyl (C=O) groups excluding carboxylic acids is 1. The molecule has 3 aromatic carbocycles. The highest BCUT2D eigenvalue weighted by atomic mass is 19.1. The highest BCUT2D eigenvalue weighted by molar-refractivity contribution is 5.88. The van der Waals surface area contributed by atoms with Crippen molar-refractivity contribution in [3.63, 3.8) is 0 Å². The first-order valence-corrected chi connectivity index (χ1v) is 8.16. The molecule has 128 valence electrons. The molecule has 3 aromatic rings. The lowest BCUT2D eigenvalue weighted by molar-refractivity contribution is -0.122. The SMILES string of the molecule is COc1ccc2cc([C@@H](C)C(=O)NCc3ccc(F)cc3)ccc2c1. The van der Waals surface area contributed by atoms with Crippen molar-refractivity contribution in [1.29, 1.82) is 0 Å². The van der Waals surface area contributed by atoms with Gasteiger partial charge in [-0.15, -0.1) is 0 Å². The summed E-state index contributed by atoms with van der Waals surface area (Å²) >= 11 is 0. The molecule has 0 unspecified atom stereocenters. The van der Waals surface area contributed by atoms with Crippen LogP contribution < -0.4 is 10.1 Å². The van der Waals surface area contributed by atoms with Crippen LogP contribution in [0.3, 0.4) is 0 Å². The molecule has 0 aromatic heterocycles. The number of ether oxygens (including phenoxy) is 1. The Bertz CT molecular complexity index is 890. The Hall–Kier alpha value is -2.88. The van der Waals surface area contributed by atoms with Gasteiger partial charge in [-0.25, -0.2) is 4.39 Å². The van der Waals surface area contributed by atoms with Gasteiger partial charge < -0.3 is 10.1 Å². The summed E-state index contributed by atoms with van der Waals surface area (Å²) in [6, 6.07) is 18.0. The maximum Gasteiger partial charge on any atom is 0.227 e. The number of benzene rings is 3. The Labute approximate surface area is 146 Å². The number of fused-ring (bicyclic) bond motifs is 1. The van der Waals surface area contributed by atoms with E-state index in [0.717, 1.165) is 27.6 Å². The minimum atomic E-state index is -0.281. The largest absolute Gasteiger partial charge is 0.497 e. The van der Waals surface area contributed by atoms with Crippen LogP contribution in [0.15, 0.2) is 60.7 Å². The summed E-state index contributed by atoms with van der Waals surface area (Å²) in [7, 11) is 1.64. The Morgan fingerprint density at radius 1 is 1.04 bits per heavy atom. The van der Waals surface area contributed by atoms with Crippen molar-refractivity contribution in [3.05, 3.63) is 77.6 Å². The van der Waals surface area contributed by atoms with Gasteiger partial charge in [-0.2, -0.15) is 0 Å². The number of hydrogen-bond acceptors (Lipinski definition) is 2. The number of methoxy groups -OCH3 is 1. The van der Waals surface area contributed by atoms with Crippen molar-refractivity contribution >= 4 is 16.7 Å². The molecule has 4 heteroatoms. The zero-order chi connectivity index (χ0) is 17.8. The summed E-state index contributed by atoms with van der Waals surface area (Å²) in [6.07, 6.45) is 0. The molecule has 3 nitrogen and oxygen atoms in total. The van der Waals surface area contributed by atoms with Gasteiger partial charge in [0, 0.05) is 6.54 Å². The average Bonchev–Trinajstić information content (AvgIpc) is 2.65. The first kappa shape index (κ1) is 17.0. The van der Waals surface area contributed by atoms with Gasteiger partial charge in [0.1, 0.15) is 11.6 Å². The normalized spacial score (nSPS) is 12.0. The fourth-order valence-electron chi connectivity index (χ4n) is 2.73. The number of amides is 1. The van der Waals surface area contributed by atoms with Crippen LogP contribution >= 0.6 is 0 Å². The minimum absolute atomic E-state index is 0.0582. The Kier molecular flexibility index (Phi) is 4.98. The highest BCUT2D eigenvalue weighted by Gasteiger charge is 2.15. The fourth-order valence-corrected chi connectivity index (χ4v) is 2.73. The zero-order valence-corrected chi connectivity index (χ0v) is 14.3. The Balaban J connectivity index is 1.70. The first-order chi connectivity index (χ1) is 12.1.